The highest BCUT2D eigenvalue weighted by atomic mass is 16.1. The van der Waals surface area contributed by atoms with Crippen LogP contribution in [0.15, 0.2) is 24.3 Å². The Hall–Kier alpha value is -1.15. The van der Waals surface area contributed by atoms with Gasteiger partial charge in [-0.25, -0.2) is 0 Å². The Labute approximate surface area is 90.9 Å². The first-order valence-electron chi connectivity index (χ1n) is 5.58. The fraction of sp³-hybridized carbons (Fsp3) is 0.462. The van der Waals surface area contributed by atoms with E-state index in [2.05, 4.69) is 4.90 Å². The summed E-state index contributed by atoms with van der Waals surface area (Å²) in [4.78, 5) is 13.1. The molecule has 0 unspecified atom stereocenters. The van der Waals surface area contributed by atoms with Gasteiger partial charge < -0.3 is 0 Å². The van der Waals surface area contributed by atoms with Crippen LogP contribution >= 0.6 is 0 Å². The van der Waals surface area contributed by atoms with Gasteiger partial charge in [0.2, 0.25) is 6.29 Å². The van der Waals surface area contributed by atoms with E-state index in [9.17, 15) is 4.79 Å². The van der Waals surface area contributed by atoms with Gasteiger partial charge in [0.05, 0.1) is 0 Å². The molecule has 0 N–H and O–H groups in total. The molecule has 1 radical (unpaired) electrons. The van der Waals surface area contributed by atoms with Crippen LogP contribution in [0.2, 0.25) is 0 Å². The Morgan fingerprint density at radius 2 is 1.87 bits per heavy atom. The van der Waals surface area contributed by atoms with Crippen LogP contribution in [-0.4, -0.2) is 24.3 Å². The van der Waals surface area contributed by atoms with Crippen LogP contribution in [0.25, 0.3) is 0 Å². The molecule has 0 aliphatic carbocycles. The van der Waals surface area contributed by atoms with Gasteiger partial charge in [0, 0.05) is 12.1 Å². The Kier molecular flexibility index (Phi) is 3.51. The Bertz CT molecular complexity index is 329. The molecule has 0 bridgehead atoms. The number of hydrogen-bond donors (Lipinski definition) is 0. The third kappa shape index (κ3) is 2.66. The molecule has 0 atom stereocenters. The summed E-state index contributed by atoms with van der Waals surface area (Å²) >= 11 is 0. The minimum atomic E-state index is 0.711. The molecule has 0 spiro atoms. The quantitative estimate of drug-likeness (QED) is 0.748. The van der Waals surface area contributed by atoms with Gasteiger partial charge in [-0.3, -0.25) is 9.69 Å². The lowest BCUT2D eigenvalue weighted by Gasteiger charge is -2.26. The Morgan fingerprint density at radius 3 is 2.60 bits per heavy atom. The molecule has 0 saturated carbocycles. The van der Waals surface area contributed by atoms with E-state index in [-0.39, 0.29) is 0 Å². The fourth-order valence-corrected chi connectivity index (χ4v) is 2.12. The standard InChI is InChI=1S/C13H16NO/c15-11-13-7-3-2-6-12(13)10-14-8-4-1-5-9-14/h2-3,6-7H,1,4-5,8-10H2. The van der Waals surface area contributed by atoms with E-state index in [1.54, 1.807) is 0 Å². The Morgan fingerprint density at radius 1 is 1.13 bits per heavy atom. The summed E-state index contributed by atoms with van der Waals surface area (Å²) < 4.78 is 0. The highest BCUT2D eigenvalue weighted by molar-refractivity contribution is 5.77. The molecule has 79 valence electrons. The summed E-state index contributed by atoms with van der Waals surface area (Å²) in [5.41, 5.74) is 1.82. The number of nitrogens with zero attached hydrogens (tertiary/aromatic N) is 1. The van der Waals surface area contributed by atoms with Crippen molar-refractivity contribution < 1.29 is 4.79 Å². The van der Waals surface area contributed by atoms with E-state index in [0.29, 0.717) is 5.56 Å². The third-order valence-electron chi connectivity index (χ3n) is 2.97. The van der Waals surface area contributed by atoms with E-state index < -0.39 is 0 Å². The summed E-state index contributed by atoms with van der Waals surface area (Å²) in [5, 5.41) is 0. The molecule has 1 aromatic carbocycles. The molecule has 2 rings (SSSR count). The smallest absolute Gasteiger partial charge is 0.233 e. The molecule has 0 aromatic heterocycles. The van der Waals surface area contributed by atoms with Crippen LogP contribution in [0.1, 0.15) is 30.4 Å². The lowest BCUT2D eigenvalue weighted by atomic mass is 10.1. The maximum atomic E-state index is 10.7. The molecule has 15 heavy (non-hydrogen) atoms. The molecule has 2 nitrogen and oxygen atoms in total. The average molecular weight is 202 g/mol. The first-order valence-corrected chi connectivity index (χ1v) is 5.58. The molecule has 0 amide bonds. The van der Waals surface area contributed by atoms with E-state index in [1.807, 2.05) is 30.6 Å². The van der Waals surface area contributed by atoms with E-state index in [4.69, 9.17) is 0 Å². The number of rotatable bonds is 3. The number of carbonyl (C=O) groups excluding carboxylic acids is 1. The molecular formula is C13H16NO. The Balaban J connectivity index is 2.05. The summed E-state index contributed by atoms with van der Waals surface area (Å²) in [6.45, 7) is 3.21. The van der Waals surface area contributed by atoms with Gasteiger partial charge in [-0.05, 0) is 31.5 Å². The van der Waals surface area contributed by atoms with Crippen molar-refractivity contribution in [2.75, 3.05) is 13.1 Å². The van der Waals surface area contributed by atoms with Gasteiger partial charge in [0.15, 0.2) is 0 Å². The highest BCUT2D eigenvalue weighted by Crippen LogP contribution is 2.14. The lowest BCUT2D eigenvalue weighted by molar-refractivity contribution is 0.221. The maximum absolute atomic E-state index is 10.7. The second-order valence-electron chi connectivity index (χ2n) is 4.10. The number of benzene rings is 1. The molecule has 1 aromatic rings. The van der Waals surface area contributed by atoms with Crippen molar-refractivity contribution in [1.29, 1.82) is 0 Å². The van der Waals surface area contributed by atoms with Crippen molar-refractivity contribution in [3.8, 4) is 0 Å². The molecule has 1 heterocycles. The molecule has 1 aliphatic rings. The highest BCUT2D eigenvalue weighted by Gasteiger charge is 2.11. The number of piperidine rings is 1. The summed E-state index contributed by atoms with van der Waals surface area (Å²) in [5.74, 6) is 0. The fourth-order valence-electron chi connectivity index (χ4n) is 2.12. The van der Waals surface area contributed by atoms with Crippen molar-refractivity contribution in [2.24, 2.45) is 0 Å². The molecule has 1 aliphatic heterocycles. The predicted molar refractivity (Wildman–Crippen MR) is 60.4 cm³/mol. The van der Waals surface area contributed by atoms with Gasteiger partial charge in [-0.15, -0.1) is 0 Å². The van der Waals surface area contributed by atoms with Gasteiger partial charge in [0.1, 0.15) is 0 Å². The van der Waals surface area contributed by atoms with E-state index >= 15 is 0 Å². The van der Waals surface area contributed by atoms with Crippen LogP contribution in [0.3, 0.4) is 0 Å². The summed E-state index contributed by atoms with van der Waals surface area (Å²) in [7, 11) is 0. The predicted octanol–water partition coefficient (Wildman–Crippen LogP) is 2.13. The normalized spacial score (nSPS) is 17.6. The molecule has 2 heteroatoms. The first kappa shape index (κ1) is 10.4. The minimum absolute atomic E-state index is 0.711. The molecule has 1 saturated heterocycles. The van der Waals surface area contributed by atoms with Crippen LogP contribution in [0.4, 0.5) is 0 Å². The lowest BCUT2D eigenvalue weighted by Crippen LogP contribution is -2.29. The van der Waals surface area contributed by atoms with E-state index in [0.717, 1.165) is 25.2 Å². The van der Waals surface area contributed by atoms with Gasteiger partial charge in [0.25, 0.3) is 0 Å². The second kappa shape index (κ2) is 5.08. The van der Waals surface area contributed by atoms with Gasteiger partial charge in [-0.1, -0.05) is 30.7 Å². The van der Waals surface area contributed by atoms with Crippen molar-refractivity contribution in [3.63, 3.8) is 0 Å². The topological polar surface area (TPSA) is 20.3 Å². The van der Waals surface area contributed by atoms with E-state index in [1.165, 1.54) is 19.3 Å². The summed E-state index contributed by atoms with van der Waals surface area (Å²) in [6.07, 6.45) is 5.92. The minimum Gasteiger partial charge on any atom is -0.299 e. The average Bonchev–Trinajstić information content (AvgIpc) is 2.31. The zero-order valence-electron chi connectivity index (χ0n) is 8.91. The van der Waals surface area contributed by atoms with Gasteiger partial charge >= 0.3 is 0 Å². The SMILES string of the molecule is O=[C]c1ccccc1CN1CCCCC1. The first-order chi connectivity index (χ1) is 7.40. The monoisotopic (exact) mass is 202 g/mol. The maximum Gasteiger partial charge on any atom is 0.233 e. The van der Waals surface area contributed by atoms with Crippen LogP contribution in [0, 0.1) is 0 Å². The summed E-state index contributed by atoms with van der Waals surface area (Å²) in [6, 6.07) is 7.74. The van der Waals surface area contributed by atoms with Crippen LogP contribution < -0.4 is 0 Å². The number of hydrogen-bond acceptors (Lipinski definition) is 2. The second-order valence-corrected chi connectivity index (χ2v) is 4.10. The van der Waals surface area contributed by atoms with Crippen LogP contribution in [-0.2, 0) is 11.3 Å². The zero-order chi connectivity index (χ0) is 10.5. The third-order valence-corrected chi connectivity index (χ3v) is 2.97. The van der Waals surface area contributed by atoms with Gasteiger partial charge in [-0.2, -0.15) is 0 Å². The largest absolute Gasteiger partial charge is 0.299 e. The van der Waals surface area contributed by atoms with Crippen molar-refractivity contribution in [2.45, 2.75) is 25.8 Å². The van der Waals surface area contributed by atoms with Crippen molar-refractivity contribution >= 4 is 6.29 Å². The van der Waals surface area contributed by atoms with Crippen LogP contribution in [0.5, 0.6) is 0 Å². The molecule has 1 fully saturated rings. The number of likely N-dealkylation sites (tertiary alicyclic amines) is 1. The zero-order valence-corrected chi connectivity index (χ0v) is 8.91. The van der Waals surface area contributed by atoms with Crippen molar-refractivity contribution in [1.82, 2.24) is 4.90 Å². The van der Waals surface area contributed by atoms with Crippen molar-refractivity contribution in [3.05, 3.63) is 35.4 Å². The molecular weight excluding hydrogens is 186 g/mol.